The molecule has 0 radical (unpaired) electrons. The lowest BCUT2D eigenvalue weighted by Gasteiger charge is -2.33. The third-order valence-electron chi connectivity index (χ3n) is 6.61. The van der Waals surface area contributed by atoms with E-state index in [1.807, 2.05) is 45.0 Å². The van der Waals surface area contributed by atoms with E-state index in [2.05, 4.69) is 10.00 Å². The Morgan fingerprint density at radius 1 is 1.14 bits per heavy atom. The van der Waals surface area contributed by atoms with Crippen LogP contribution in [-0.4, -0.2) is 46.1 Å². The number of halogens is 2. The van der Waals surface area contributed by atoms with Crippen LogP contribution >= 0.6 is 0 Å². The molecule has 5 rings (SSSR count). The number of aryl methyl sites for hydroxylation is 2. The molecular formula is C28H32F2N4O3. The lowest BCUT2D eigenvalue weighted by Crippen LogP contribution is -2.37. The number of hydrogen-bond donors (Lipinski definition) is 0. The largest absolute Gasteiger partial charge is 0.491 e. The standard InChI is InChI=1S/C28H32F2N4O3/c1-28(2,3)37-27(35)33-10-11-36-25-8-7-21(12-19(25)17-33)34-9-5-6-18-13-22(20-15-31-32(4)16-20)23(26(29)30)14-24(18)34/h7-8,12-16,26H,5-6,9-11,17H2,1-4H3. The summed E-state index contributed by atoms with van der Waals surface area (Å²) in [5, 5.41) is 4.17. The molecule has 2 aliphatic heterocycles. The molecule has 0 saturated carbocycles. The van der Waals surface area contributed by atoms with Gasteiger partial charge in [-0.25, -0.2) is 13.6 Å². The van der Waals surface area contributed by atoms with Gasteiger partial charge in [0.05, 0.1) is 19.3 Å². The average Bonchev–Trinajstić information content (AvgIpc) is 3.15. The van der Waals surface area contributed by atoms with E-state index in [0.29, 0.717) is 43.1 Å². The maximum Gasteiger partial charge on any atom is 0.410 e. The van der Waals surface area contributed by atoms with Gasteiger partial charge >= 0.3 is 6.09 Å². The molecule has 0 saturated heterocycles. The zero-order chi connectivity index (χ0) is 26.3. The number of benzene rings is 2. The summed E-state index contributed by atoms with van der Waals surface area (Å²) in [7, 11) is 1.78. The second-order valence-corrected chi connectivity index (χ2v) is 10.6. The number of carbonyl (C=O) groups excluding carboxylic acids is 1. The molecule has 7 nitrogen and oxygen atoms in total. The summed E-state index contributed by atoms with van der Waals surface area (Å²) in [6.07, 6.45) is 2.08. The molecule has 1 amide bonds. The van der Waals surface area contributed by atoms with E-state index in [9.17, 15) is 13.6 Å². The van der Waals surface area contributed by atoms with Crippen LogP contribution in [0.4, 0.5) is 25.0 Å². The Morgan fingerprint density at radius 2 is 1.95 bits per heavy atom. The zero-order valence-electron chi connectivity index (χ0n) is 21.6. The molecule has 0 bridgehead atoms. The van der Waals surface area contributed by atoms with Gasteiger partial charge in [-0.1, -0.05) is 0 Å². The summed E-state index contributed by atoms with van der Waals surface area (Å²) in [6.45, 7) is 7.36. The third-order valence-corrected chi connectivity index (χ3v) is 6.61. The lowest BCUT2D eigenvalue weighted by atomic mass is 9.92. The molecule has 9 heteroatoms. The number of ether oxygens (including phenoxy) is 2. The first-order valence-corrected chi connectivity index (χ1v) is 12.5. The van der Waals surface area contributed by atoms with Crippen molar-refractivity contribution in [3.8, 4) is 16.9 Å². The van der Waals surface area contributed by atoms with Crippen molar-refractivity contribution < 1.29 is 23.0 Å². The minimum Gasteiger partial charge on any atom is -0.491 e. The molecular weight excluding hydrogens is 478 g/mol. The van der Waals surface area contributed by atoms with Gasteiger partial charge in [0.1, 0.15) is 18.0 Å². The molecule has 0 atom stereocenters. The molecule has 2 aromatic carbocycles. The fourth-order valence-electron chi connectivity index (χ4n) is 4.94. The monoisotopic (exact) mass is 510 g/mol. The van der Waals surface area contributed by atoms with E-state index in [1.165, 1.54) is 0 Å². The smallest absolute Gasteiger partial charge is 0.410 e. The van der Waals surface area contributed by atoms with Crippen LogP contribution in [0, 0.1) is 0 Å². The van der Waals surface area contributed by atoms with Crippen LogP contribution in [0.1, 0.15) is 50.3 Å². The van der Waals surface area contributed by atoms with Gasteiger partial charge in [0.15, 0.2) is 0 Å². The number of fused-ring (bicyclic) bond motifs is 2. The SMILES string of the molecule is Cn1cc(-c2cc3c(cc2C(F)F)N(c2ccc4c(c2)CN(C(=O)OC(C)(C)C)CCO4)CCC3)cn1. The second-order valence-electron chi connectivity index (χ2n) is 10.6. The van der Waals surface area contributed by atoms with Gasteiger partial charge in [0, 0.05) is 47.9 Å². The minimum atomic E-state index is -2.62. The fraction of sp³-hybridized carbons (Fsp3) is 0.429. The molecule has 1 aromatic heterocycles. The van der Waals surface area contributed by atoms with Crippen molar-refractivity contribution in [2.75, 3.05) is 24.6 Å². The summed E-state index contributed by atoms with van der Waals surface area (Å²) in [6, 6.07) is 9.35. The Morgan fingerprint density at radius 3 is 2.65 bits per heavy atom. The number of aromatic nitrogens is 2. The van der Waals surface area contributed by atoms with Crippen LogP contribution in [-0.2, 0) is 24.8 Å². The van der Waals surface area contributed by atoms with Gasteiger partial charge in [0.25, 0.3) is 6.43 Å². The van der Waals surface area contributed by atoms with Crippen LogP contribution in [0.15, 0.2) is 42.7 Å². The van der Waals surface area contributed by atoms with E-state index in [-0.39, 0.29) is 11.7 Å². The average molecular weight is 511 g/mol. The third kappa shape index (κ3) is 5.26. The number of rotatable bonds is 3. The molecule has 3 aromatic rings. The first-order valence-electron chi connectivity index (χ1n) is 12.5. The number of carbonyl (C=O) groups is 1. The van der Waals surface area contributed by atoms with Crippen molar-refractivity contribution in [3.63, 3.8) is 0 Å². The Bertz CT molecular complexity index is 1320. The van der Waals surface area contributed by atoms with Crippen molar-refractivity contribution in [1.29, 1.82) is 0 Å². The highest BCUT2D eigenvalue weighted by atomic mass is 19.3. The maximum absolute atomic E-state index is 14.2. The molecule has 0 spiro atoms. The second kappa shape index (κ2) is 9.68. The number of hydrogen-bond acceptors (Lipinski definition) is 5. The van der Waals surface area contributed by atoms with Gasteiger partial charge in [0.2, 0.25) is 0 Å². The molecule has 2 aliphatic rings. The highest BCUT2D eigenvalue weighted by Crippen LogP contribution is 2.42. The number of amides is 1. The van der Waals surface area contributed by atoms with Gasteiger partial charge < -0.3 is 19.3 Å². The Balaban J connectivity index is 1.49. The highest BCUT2D eigenvalue weighted by Gasteiger charge is 2.28. The first kappa shape index (κ1) is 25.0. The molecule has 0 fully saturated rings. The van der Waals surface area contributed by atoms with Gasteiger partial charge in [-0.05, 0) is 75.1 Å². The van der Waals surface area contributed by atoms with E-state index in [1.54, 1.807) is 35.1 Å². The summed E-state index contributed by atoms with van der Waals surface area (Å²) in [5.41, 5.74) is 4.15. The number of alkyl halides is 2. The molecule has 0 N–H and O–H groups in total. The molecule has 196 valence electrons. The predicted molar refractivity (Wildman–Crippen MR) is 138 cm³/mol. The maximum atomic E-state index is 14.2. The van der Waals surface area contributed by atoms with E-state index >= 15 is 0 Å². The topological polar surface area (TPSA) is 59.8 Å². The van der Waals surface area contributed by atoms with Crippen LogP contribution < -0.4 is 9.64 Å². The minimum absolute atomic E-state index is 0.00663. The quantitative estimate of drug-likeness (QED) is 0.418. The summed E-state index contributed by atoms with van der Waals surface area (Å²) < 4.78 is 41.5. The Kier molecular flexibility index (Phi) is 6.56. The molecule has 3 heterocycles. The molecule has 0 aliphatic carbocycles. The van der Waals surface area contributed by atoms with Crippen LogP contribution in [0.3, 0.4) is 0 Å². The van der Waals surface area contributed by atoms with Crippen molar-refractivity contribution in [2.24, 2.45) is 7.05 Å². The van der Waals surface area contributed by atoms with Crippen molar-refractivity contribution in [2.45, 2.75) is 52.2 Å². The fourth-order valence-corrected chi connectivity index (χ4v) is 4.94. The van der Waals surface area contributed by atoms with E-state index in [4.69, 9.17) is 9.47 Å². The van der Waals surface area contributed by atoms with Gasteiger partial charge in [-0.2, -0.15) is 5.10 Å². The first-order chi connectivity index (χ1) is 17.6. The van der Waals surface area contributed by atoms with Crippen LogP contribution in [0.25, 0.3) is 11.1 Å². The summed E-state index contributed by atoms with van der Waals surface area (Å²) >= 11 is 0. The van der Waals surface area contributed by atoms with Crippen LogP contribution in [0.2, 0.25) is 0 Å². The number of nitrogens with zero attached hydrogens (tertiary/aromatic N) is 4. The van der Waals surface area contributed by atoms with Crippen molar-refractivity contribution in [3.05, 3.63) is 59.4 Å². The Hall–Kier alpha value is -3.62. The Labute approximate surface area is 215 Å². The summed E-state index contributed by atoms with van der Waals surface area (Å²) in [4.78, 5) is 16.5. The normalized spacial score (nSPS) is 15.6. The zero-order valence-corrected chi connectivity index (χ0v) is 21.6. The lowest BCUT2D eigenvalue weighted by molar-refractivity contribution is 0.0225. The van der Waals surface area contributed by atoms with Crippen molar-refractivity contribution in [1.82, 2.24) is 14.7 Å². The van der Waals surface area contributed by atoms with E-state index < -0.39 is 12.0 Å². The molecule has 0 unspecified atom stereocenters. The van der Waals surface area contributed by atoms with E-state index in [0.717, 1.165) is 35.3 Å². The van der Waals surface area contributed by atoms with Crippen LogP contribution in [0.5, 0.6) is 5.75 Å². The number of anilines is 2. The predicted octanol–water partition coefficient (Wildman–Crippen LogP) is 6.24. The molecule has 37 heavy (non-hydrogen) atoms. The van der Waals surface area contributed by atoms with Crippen molar-refractivity contribution >= 4 is 17.5 Å². The highest BCUT2D eigenvalue weighted by molar-refractivity contribution is 5.77. The van der Waals surface area contributed by atoms with Gasteiger partial charge in [-0.15, -0.1) is 0 Å². The van der Waals surface area contributed by atoms with Gasteiger partial charge in [-0.3, -0.25) is 4.68 Å². The summed E-state index contributed by atoms with van der Waals surface area (Å²) in [5.74, 6) is 0.715.